The molecule has 0 spiro atoms. The molecule has 0 saturated heterocycles. The monoisotopic (exact) mass is 422 g/mol. The summed E-state index contributed by atoms with van der Waals surface area (Å²) in [5, 5.41) is 20.6. The highest BCUT2D eigenvalue weighted by molar-refractivity contribution is 7.90. The van der Waals surface area contributed by atoms with Crippen LogP contribution in [0.4, 0.5) is 11.7 Å². The SMILES string of the molecule is CS(=O)(=O)c1cccc(-c2nnc(NC(=O)c3cc([N+](=O)[O-])ccc3Cl)o2)c1. The van der Waals surface area contributed by atoms with Gasteiger partial charge in [-0.2, -0.15) is 0 Å². The first-order valence-corrected chi connectivity index (χ1v) is 9.81. The van der Waals surface area contributed by atoms with E-state index >= 15 is 0 Å². The summed E-state index contributed by atoms with van der Waals surface area (Å²) in [6.07, 6.45) is 1.06. The van der Waals surface area contributed by atoms with Crippen molar-refractivity contribution in [1.82, 2.24) is 10.2 Å². The number of benzene rings is 2. The van der Waals surface area contributed by atoms with Crippen LogP contribution in [0.3, 0.4) is 0 Å². The summed E-state index contributed by atoms with van der Waals surface area (Å²) in [5.41, 5.74) is -0.114. The fraction of sp³-hybridized carbons (Fsp3) is 0.0625. The number of sulfone groups is 1. The average molecular weight is 423 g/mol. The molecule has 3 aromatic rings. The van der Waals surface area contributed by atoms with Crippen molar-refractivity contribution < 1.29 is 22.6 Å². The highest BCUT2D eigenvalue weighted by atomic mass is 35.5. The minimum absolute atomic E-state index is 0.00342. The third-order valence-corrected chi connectivity index (χ3v) is 5.00. The number of hydrogen-bond donors (Lipinski definition) is 1. The van der Waals surface area contributed by atoms with E-state index < -0.39 is 20.7 Å². The second kappa shape index (κ2) is 7.37. The Balaban J connectivity index is 1.85. The third kappa shape index (κ3) is 4.15. The van der Waals surface area contributed by atoms with Gasteiger partial charge in [0.2, 0.25) is 5.89 Å². The molecular formula is C16H11ClN4O6S. The molecule has 1 heterocycles. The fourth-order valence-corrected chi connectivity index (χ4v) is 3.09. The predicted molar refractivity (Wildman–Crippen MR) is 98.9 cm³/mol. The van der Waals surface area contributed by atoms with E-state index in [-0.39, 0.29) is 33.1 Å². The number of carbonyl (C=O) groups excluding carboxylic acids is 1. The molecule has 28 heavy (non-hydrogen) atoms. The predicted octanol–water partition coefficient (Wildman–Crippen LogP) is 2.95. The van der Waals surface area contributed by atoms with E-state index in [9.17, 15) is 23.3 Å². The Hall–Kier alpha value is -3.31. The molecule has 0 aliphatic rings. The van der Waals surface area contributed by atoms with Crippen LogP contribution in [0.2, 0.25) is 5.02 Å². The van der Waals surface area contributed by atoms with E-state index in [4.69, 9.17) is 16.0 Å². The zero-order valence-corrected chi connectivity index (χ0v) is 15.7. The molecule has 12 heteroatoms. The van der Waals surface area contributed by atoms with E-state index in [0.717, 1.165) is 12.3 Å². The molecule has 0 bridgehead atoms. The first-order valence-electron chi connectivity index (χ1n) is 7.54. The number of nitro benzene ring substituents is 1. The molecule has 2 aromatic carbocycles. The Kier molecular flexibility index (Phi) is 5.12. The highest BCUT2D eigenvalue weighted by Crippen LogP contribution is 2.25. The molecule has 3 rings (SSSR count). The molecule has 1 N–H and O–H groups in total. The molecule has 10 nitrogen and oxygen atoms in total. The van der Waals surface area contributed by atoms with Gasteiger partial charge in [-0.3, -0.25) is 20.2 Å². The van der Waals surface area contributed by atoms with Crippen LogP contribution < -0.4 is 5.32 Å². The summed E-state index contributed by atoms with van der Waals surface area (Å²) in [6, 6.07) is 8.97. The lowest BCUT2D eigenvalue weighted by Crippen LogP contribution is -2.13. The van der Waals surface area contributed by atoms with E-state index in [1.807, 2.05) is 0 Å². The van der Waals surface area contributed by atoms with Gasteiger partial charge in [-0.05, 0) is 24.3 Å². The standard InChI is InChI=1S/C16H11ClN4O6S/c1-28(25,26)11-4-2-3-9(7-11)15-19-20-16(27-15)18-14(22)12-8-10(21(23)24)5-6-13(12)17/h2-8H,1H3,(H,18,20,22). The van der Waals surface area contributed by atoms with Crippen molar-refractivity contribution >= 4 is 39.0 Å². The number of nitrogens with zero attached hydrogens (tertiary/aromatic N) is 3. The number of nitrogens with one attached hydrogen (secondary N) is 1. The van der Waals surface area contributed by atoms with E-state index in [1.54, 1.807) is 6.07 Å². The Morgan fingerprint density at radius 3 is 2.64 bits per heavy atom. The molecule has 1 aromatic heterocycles. The van der Waals surface area contributed by atoms with Gasteiger partial charge < -0.3 is 4.42 Å². The van der Waals surface area contributed by atoms with Crippen molar-refractivity contribution in [3.63, 3.8) is 0 Å². The Labute approximate surface area is 163 Å². The number of amides is 1. The van der Waals surface area contributed by atoms with Gasteiger partial charge in [-0.15, -0.1) is 5.10 Å². The van der Waals surface area contributed by atoms with Crippen LogP contribution in [0.5, 0.6) is 0 Å². The van der Waals surface area contributed by atoms with Gasteiger partial charge in [-0.1, -0.05) is 22.8 Å². The normalized spacial score (nSPS) is 11.2. The van der Waals surface area contributed by atoms with Crippen LogP contribution in [0.1, 0.15) is 10.4 Å². The summed E-state index contributed by atoms with van der Waals surface area (Å²) in [4.78, 5) is 22.6. The van der Waals surface area contributed by atoms with Crippen LogP contribution in [-0.2, 0) is 9.84 Å². The number of anilines is 1. The van der Waals surface area contributed by atoms with Gasteiger partial charge in [0, 0.05) is 24.0 Å². The number of halogens is 1. The van der Waals surface area contributed by atoms with Gasteiger partial charge in [-0.25, -0.2) is 8.42 Å². The number of aromatic nitrogens is 2. The maximum atomic E-state index is 12.3. The van der Waals surface area contributed by atoms with Crippen molar-refractivity contribution in [2.24, 2.45) is 0 Å². The molecule has 0 aliphatic heterocycles. The van der Waals surface area contributed by atoms with Crippen LogP contribution in [0, 0.1) is 10.1 Å². The Bertz CT molecular complexity index is 1190. The Morgan fingerprint density at radius 2 is 1.96 bits per heavy atom. The summed E-state index contributed by atoms with van der Waals surface area (Å²) >= 11 is 5.92. The molecular weight excluding hydrogens is 412 g/mol. The highest BCUT2D eigenvalue weighted by Gasteiger charge is 2.19. The van der Waals surface area contributed by atoms with Crippen molar-refractivity contribution in [3.05, 3.63) is 63.2 Å². The summed E-state index contributed by atoms with van der Waals surface area (Å²) < 4.78 is 28.6. The molecule has 0 unspecified atom stereocenters. The van der Waals surface area contributed by atoms with Crippen molar-refractivity contribution in [2.75, 3.05) is 11.6 Å². The largest absolute Gasteiger partial charge is 0.403 e. The molecule has 0 saturated carbocycles. The number of rotatable bonds is 5. The number of hydrogen-bond acceptors (Lipinski definition) is 8. The zero-order valence-electron chi connectivity index (χ0n) is 14.1. The van der Waals surface area contributed by atoms with Gasteiger partial charge in [0.05, 0.1) is 20.4 Å². The fourth-order valence-electron chi connectivity index (χ4n) is 2.22. The quantitative estimate of drug-likeness (QED) is 0.487. The van der Waals surface area contributed by atoms with Crippen molar-refractivity contribution in [1.29, 1.82) is 0 Å². The van der Waals surface area contributed by atoms with Gasteiger partial charge in [0.25, 0.3) is 11.6 Å². The number of nitro groups is 1. The van der Waals surface area contributed by atoms with E-state index in [2.05, 4.69) is 15.5 Å². The lowest BCUT2D eigenvalue weighted by molar-refractivity contribution is -0.384. The molecule has 144 valence electrons. The van der Waals surface area contributed by atoms with E-state index in [0.29, 0.717) is 5.56 Å². The van der Waals surface area contributed by atoms with Crippen LogP contribution in [0.15, 0.2) is 51.8 Å². The minimum Gasteiger partial charge on any atom is -0.403 e. The average Bonchev–Trinajstić information content (AvgIpc) is 3.09. The number of non-ortho nitro benzene ring substituents is 1. The lowest BCUT2D eigenvalue weighted by atomic mass is 10.2. The van der Waals surface area contributed by atoms with Crippen LogP contribution in [-0.4, -0.2) is 35.7 Å². The third-order valence-electron chi connectivity index (χ3n) is 3.56. The lowest BCUT2D eigenvalue weighted by Gasteiger charge is -2.03. The van der Waals surface area contributed by atoms with Gasteiger partial charge >= 0.3 is 6.01 Å². The van der Waals surface area contributed by atoms with E-state index in [1.165, 1.54) is 30.3 Å². The maximum absolute atomic E-state index is 12.3. The van der Waals surface area contributed by atoms with Crippen LogP contribution >= 0.6 is 11.6 Å². The van der Waals surface area contributed by atoms with Crippen molar-refractivity contribution in [2.45, 2.75) is 4.90 Å². The van der Waals surface area contributed by atoms with Crippen molar-refractivity contribution in [3.8, 4) is 11.5 Å². The maximum Gasteiger partial charge on any atom is 0.322 e. The second-order valence-corrected chi connectivity index (χ2v) is 8.01. The summed E-state index contributed by atoms with van der Waals surface area (Å²) in [6.45, 7) is 0. The molecule has 0 aliphatic carbocycles. The minimum atomic E-state index is -3.43. The molecule has 0 fully saturated rings. The second-order valence-electron chi connectivity index (χ2n) is 5.59. The molecule has 1 amide bonds. The van der Waals surface area contributed by atoms with Gasteiger partial charge in [0.15, 0.2) is 9.84 Å². The Morgan fingerprint density at radius 1 is 1.21 bits per heavy atom. The van der Waals surface area contributed by atoms with Crippen LogP contribution in [0.25, 0.3) is 11.5 Å². The number of carbonyl (C=O) groups is 1. The van der Waals surface area contributed by atoms with Gasteiger partial charge in [0.1, 0.15) is 0 Å². The molecule has 0 radical (unpaired) electrons. The first-order chi connectivity index (χ1) is 13.1. The summed E-state index contributed by atoms with van der Waals surface area (Å²) in [5.74, 6) is -0.806. The zero-order chi connectivity index (χ0) is 20.5. The molecule has 0 atom stereocenters. The smallest absolute Gasteiger partial charge is 0.322 e. The summed E-state index contributed by atoms with van der Waals surface area (Å²) in [7, 11) is -3.43. The first kappa shape index (κ1) is 19.5. The topological polar surface area (TPSA) is 145 Å².